The van der Waals surface area contributed by atoms with Crippen LogP contribution < -0.4 is 10.6 Å². The van der Waals surface area contributed by atoms with Crippen molar-refractivity contribution < 1.29 is 4.92 Å². The number of hydrogen-bond donors (Lipinski definition) is 2. The van der Waals surface area contributed by atoms with Gasteiger partial charge in [0, 0.05) is 13.6 Å². The molecule has 0 radical (unpaired) electrons. The van der Waals surface area contributed by atoms with E-state index in [0.29, 0.717) is 11.4 Å². The van der Waals surface area contributed by atoms with Crippen molar-refractivity contribution in [3.63, 3.8) is 0 Å². The number of nitro groups is 1. The van der Waals surface area contributed by atoms with Crippen LogP contribution in [0.25, 0.3) is 0 Å². The van der Waals surface area contributed by atoms with Crippen LogP contribution in [0.15, 0.2) is 18.2 Å². The third-order valence-electron chi connectivity index (χ3n) is 2.58. The summed E-state index contributed by atoms with van der Waals surface area (Å²) in [6, 6.07) is 5.25. The lowest BCUT2D eigenvalue weighted by Crippen LogP contribution is -2.06. The van der Waals surface area contributed by atoms with E-state index in [-0.39, 0.29) is 10.6 Å². The molecule has 0 amide bonds. The number of nitrogens with one attached hydrogen (secondary N) is 2. The van der Waals surface area contributed by atoms with Crippen molar-refractivity contribution in [2.75, 3.05) is 24.2 Å². The first-order valence-electron chi connectivity index (χ1n) is 5.89. The molecule has 0 spiro atoms. The number of nitro benzene ring substituents is 1. The molecule has 0 aliphatic heterocycles. The molecule has 0 fully saturated rings. The van der Waals surface area contributed by atoms with E-state index in [2.05, 4.69) is 17.6 Å². The molecule has 5 heteroatoms. The minimum absolute atomic E-state index is 0.117. The van der Waals surface area contributed by atoms with Crippen LogP contribution in [0.1, 0.15) is 26.2 Å². The summed E-state index contributed by atoms with van der Waals surface area (Å²) in [4.78, 5) is 10.7. The summed E-state index contributed by atoms with van der Waals surface area (Å²) in [5.74, 6) is 0. The smallest absolute Gasteiger partial charge is 0.315 e. The minimum atomic E-state index is -0.353. The summed E-state index contributed by atoms with van der Waals surface area (Å²) in [6.45, 7) is 2.89. The fourth-order valence-electron chi connectivity index (χ4n) is 1.68. The predicted molar refractivity (Wildman–Crippen MR) is 70.7 cm³/mol. The molecule has 17 heavy (non-hydrogen) atoms. The lowest BCUT2D eigenvalue weighted by molar-refractivity contribution is -0.383. The molecule has 0 aromatic heterocycles. The van der Waals surface area contributed by atoms with Crippen LogP contribution >= 0.6 is 0 Å². The topological polar surface area (TPSA) is 67.2 Å². The highest BCUT2D eigenvalue weighted by atomic mass is 16.6. The second-order valence-electron chi connectivity index (χ2n) is 3.84. The third kappa shape index (κ3) is 3.62. The van der Waals surface area contributed by atoms with Gasteiger partial charge in [-0.15, -0.1) is 0 Å². The summed E-state index contributed by atoms with van der Waals surface area (Å²) in [7, 11) is 1.68. The monoisotopic (exact) mass is 237 g/mol. The standard InChI is InChI=1S/C12H19N3O2/c1-3-4-5-9-14-11-8-6-7-10(13-2)12(11)15(16)17/h6-8,13-14H,3-5,9H2,1-2H3. The summed E-state index contributed by atoms with van der Waals surface area (Å²) in [5.41, 5.74) is 1.24. The Balaban J connectivity index is 2.79. The second kappa shape index (κ2) is 6.73. The van der Waals surface area contributed by atoms with Crippen LogP contribution in [0.5, 0.6) is 0 Å². The van der Waals surface area contributed by atoms with Gasteiger partial charge in [0.2, 0.25) is 0 Å². The quantitative estimate of drug-likeness (QED) is 0.434. The summed E-state index contributed by atoms with van der Waals surface area (Å²) < 4.78 is 0. The Hall–Kier alpha value is -1.78. The largest absolute Gasteiger partial charge is 0.382 e. The van der Waals surface area contributed by atoms with E-state index in [9.17, 15) is 10.1 Å². The van der Waals surface area contributed by atoms with Gasteiger partial charge >= 0.3 is 5.69 Å². The van der Waals surface area contributed by atoms with Crippen molar-refractivity contribution in [3.05, 3.63) is 28.3 Å². The molecule has 1 rings (SSSR count). The number of para-hydroxylation sites is 1. The molecule has 2 N–H and O–H groups in total. The molecule has 5 nitrogen and oxygen atoms in total. The van der Waals surface area contributed by atoms with Gasteiger partial charge in [0.05, 0.1) is 4.92 Å². The number of hydrogen-bond acceptors (Lipinski definition) is 4. The van der Waals surface area contributed by atoms with Gasteiger partial charge in [-0.1, -0.05) is 25.8 Å². The highest BCUT2D eigenvalue weighted by molar-refractivity contribution is 5.75. The Bertz CT molecular complexity index is 380. The molecule has 0 saturated heterocycles. The van der Waals surface area contributed by atoms with Crippen LogP contribution in [-0.2, 0) is 0 Å². The second-order valence-corrected chi connectivity index (χ2v) is 3.84. The van der Waals surface area contributed by atoms with E-state index >= 15 is 0 Å². The van der Waals surface area contributed by atoms with Crippen LogP contribution in [0, 0.1) is 10.1 Å². The first-order chi connectivity index (χ1) is 8.20. The van der Waals surface area contributed by atoms with Gasteiger partial charge in [-0.25, -0.2) is 0 Å². The third-order valence-corrected chi connectivity index (χ3v) is 2.58. The SMILES string of the molecule is CCCCCNc1cccc(NC)c1[N+](=O)[O-]. The molecule has 0 heterocycles. The zero-order valence-electron chi connectivity index (χ0n) is 10.3. The number of benzene rings is 1. The molecule has 0 aliphatic carbocycles. The van der Waals surface area contributed by atoms with Crippen LogP contribution in [0.2, 0.25) is 0 Å². The summed E-state index contributed by atoms with van der Waals surface area (Å²) in [5, 5.41) is 17.0. The maximum atomic E-state index is 11.0. The summed E-state index contributed by atoms with van der Waals surface area (Å²) in [6.07, 6.45) is 3.30. The number of anilines is 2. The average Bonchev–Trinajstić information content (AvgIpc) is 2.33. The van der Waals surface area contributed by atoms with Crippen molar-refractivity contribution in [2.24, 2.45) is 0 Å². The molecule has 1 aromatic rings. The van der Waals surface area contributed by atoms with Gasteiger partial charge in [0.15, 0.2) is 0 Å². The normalized spacial score (nSPS) is 10.0. The Morgan fingerprint density at radius 1 is 1.29 bits per heavy atom. The molecule has 0 saturated carbocycles. The van der Waals surface area contributed by atoms with Crippen molar-refractivity contribution in [3.8, 4) is 0 Å². The van der Waals surface area contributed by atoms with E-state index in [1.54, 1.807) is 25.2 Å². The maximum absolute atomic E-state index is 11.0. The molecule has 0 unspecified atom stereocenters. The van der Waals surface area contributed by atoms with E-state index in [1.807, 2.05) is 0 Å². The van der Waals surface area contributed by atoms with E-state index in [1.165, 1.54) is 0 Å². The first kappa shape index (κ1) is 13.3. The van der Waals surface area contributed by atoms with Crippen molar-refractivity contribution in [1.82, 2.24) is 0 Å². The molecule has 0 aliphatic rings. The maximum Gasteiger partial charge on any atom is 0.315 e. The minimum Gasteiger partial charge on any atom is -0.382 e. The summed E-state index contributed by atoms with van der Waals surface area (Å²) >= 11 is 0. The molecular weight excluding hydrogens is 218 g/mol. The van der Waals surface area contributed by atoms with Crippen molar-refractivity contribution in [2.45, 2.75) is 26.2 Å². The molecule has 1 aromatic carbocycles. The average molecular weight is 237 g/mol. The number of unbranched alkanes of at least 4 members (excludes halogenated alkanes) is 2. The lowest BCUT2D eigenvalue weighted by atomic mass is 10.2. The van der Waals surface area contributed by atoms with Gasteiger partial charge < -0.3 is 10.6 Å². The van der Waals surface area contributed by atoms with Gasteiger partial charge in [0.25, 0.3) is 0 Å². The van der Waals surface area contributed by atoms with Gasteiger partial charge in [0.1, 0.15) is 11.4 Å². The van der Waals surface area contributed by atoms with E-state index in [4.69, 9.17) is 0 Å². The molecule has 0 bridgehead atoms. The molecule has 94 valence electrons. The Kier molecular flexibility index (Phi) is 5.26. The predicted octanol–water partition coefficient (Wildman–Crippen LogP) is 3.24. The number of nitrogens with zero attached hydrogens (tertiary/aromatic N) is 1. The van der Waals surface area contributed by atoms with E-state index < -0.39 is 0 Å². The van der Waals surface area contributed by atoms with Crippen LogP contribution in [0.3, 0.4) is 0 Å². The van der Waals surface area contributed by atoms with Crippen molar-refractivity contribution >= 4 is 17.1 Å². The number of rotatable bonds is 7. The Labute approximate surface area is 101 Å². The van der Waals surface area contributed by atoms with Crippen molar-refractivity contribution in [1.29, 1.82) is 0 Å². The van der Waals surface area contributed by atoms with Gasteiger partial charge in [-0.05, 0) is 18.6 Å². The fraction of sp³-hybridized carbons (Fsp3) is 0.500. The Morgan fingerprint density at radius 2 is 2.00 bits per heavy atom. The van der Waals surface area contributed by atoms with Gasteiger partial charge in [-0.3, -0.25) is 10.1 Å². The lowest BCUT2D eigenvalue weighted by Gasteiger charge is -2.09. The Morgan fingerprint density at radius 3 is 2.59 bits per heavy atom. The highest BCUT2D eigenvalue weighted by Crippen LogP contribution is 2.32. The van der Waals surface area contributed by atoms with Crippen LogP contribution in [0.4, 0.5) is 17.1 Å². The van der Waals surface area contributed by atoms with Crippen LogP contribution in [-0.4, -0.2) is 18.5 Å². The fourth-order valence-corrected chi connectivity index (χ4v) is 1.68. The highest BCUT2D eigenvalue weighted by Gasteiger charge is 2.18. The molecular formula is C12H19N3O2. The van der Waals surface area contributed by atoms with E-state index in [0.717, 1.165) is 25.8 Å². The molecule has 0 atom stereocenters. The van der Waals surface area contributed by atoms with Gasteiger partial charge in [-0.2, -0.15) is 0 Å². The first-order valence-corrected chi connectivity index (χ1v) is 5.89. The zero-order valence-corrected chi connectivity index (χ0v) is 10.3. The zero-order chi connectivity index (χ0) is 12.7.